The number of allylic oxidation sites excluding steroid dienone is 2. The van der Waals surface area contributed by atoms with Crippen LogP contribution in [0.25, 0.3) is 5.57 Å². The van der Waals surface area contributed by atoms with Crippen LogP contribution in [0.5, 0.6) is 0 Å². The van der Waals surface area contributed by atoms with E-state index in [2.05, 4.69) is 45.1 Å². The van der Waals surface area contributed by atoms with E-state index in [1.54, 1.807) is 19.2 Å². The molecule has 0 radical (unpaired) electrons. The average Bonchev–Trinajstić information content (AvgIpc) is 2.99. The van der Waals surface area contributed by atoms with Crippen LogP contribution in [0.1, 0.15) is 67.9 Å². The summed E-state index contributed by atoms with van der Waals surface area (Å²) in [5, 5.41) is 9.32. The highest BCUT2D eigenvalue weighted by atomic mass is 16.5. The van der Waals surface area contributed by atoms with Crippen molar-refractivity contribution in [1.82, 2.24) is 9.80 Å². The number of ether oxygens (including phenoxy) is 1. The topological polar surface area (TPSA) is 87.2 Å². The number of piperidine rings is 1. The zero-order valence-corrected chi connectivity index (χ0v) is 25.2. The summed E-state index contributed by atoms with van der Waals surface area (Å²) in [6.07, 6.45) is 6.87. The van der Waals surface area contributed by atoms with Gasteiger partial charge in [0.15, 0.2) is 0 Å². The standard InChI is InChI=1S/C35H42N2O5/c1-33(2)28(25-10-12-26(13-11-25)31(39)40)14-17-34(3)24-37(20-15-29(33)34)32(41)35(27-8-6-5-7-9-27)18-21-36(22-19-35)30(38)16-23-42-4/h5-15H,16-24H2,1-4H3,(H,39,40)/t34-/m1/s1. The van der Waals surface area contributed by atoms with Crippen LogP contribution < -0.4 is 0 Å². The fourth-order valence-electron chi connectivity index (χ4n) is 7.53. The molecule has 1 fully saturated rings. The summed E-state index contributed by atoms with van der Waals surface area (Å²) in [4.78, 5) is 42.6. The number of rotatable bonds is 7. The molecule has 0 aromatic heterocycles. The molecule has 7 heteroatoms. The number of likely N-dealkylation sites (tertiary alicyclic amines) is 1. The smallest absolute Gasteiger partial charge is 0.335 e. The number of carbonyl (C=O) groups excluding carboxylic acids is 2. The average molecular weight is 571 g/mol. The van der Waals surface area contributed by atoms with Gasteiger partial charge in [-0.1, -0.05) is 81.0 Å². The Balaban J connectivity index is 1.40. The molecule has 2 heterocycles. The number of methoxy groups -OCH3 is 1. The minimum atomic E-state index is -0.928. The van der Waals surface area contributed by atoms with Crippen molar-refractivity contribution in [3.63, 3.8) is 0 Å². The van der Waals surface area contributed by atoms with Gasteiger partial charge in [-0.3, -0.25) is 9.59 Å². The highest BCUT2D eigenvalue weighted by Crippen LogP contribution is 2.55. The zero-order valence-electron chi connectivity index (χ0n) is 25.2. The largest absolute Gasteiger partial charge is 0.478 e. The molecule has 42 heavy (non-hydrogen) atoms. The Morgan fingerprint density at radius 3 is 2.19 bits per heavy atom. The van der Waals surface area contributed by atoms with Crippen molar-refractivity contribution in [2.45, 2.75) is 51.9 Å². The second-order valence-corrected chi connectivity index (χ2v) is 12.8. The van der Waals surface area contributed by atoms with Crippen LogP contribution >= 0.6 is 0 Å². The number of hydrogen-bond acceptors (Lipinski definition) is 4. The van der Waals surface area contributed by atoms with Crippen molar-refractivity contribution in [2.24, 2.45) is 10.8 Å². The maximum absolute atomic E-state index is 14.6. The number of carbonyl (C=O) groups is 3. The fraction of sp³-hybridized carbons (Fsp3) is 0.457. The van der Waals surface area contributed by atoms with Gasteiger partial charge in [0.2, 0.25) is 11.8 Å². The predicted octanol–water partition coefficient (Wildman–Crippen LogP) is 5.57. The summed E-state index contributed by atoms with van der Waals surface area (Å²) >= 11 is 0. The summed E-state index contributed by atoms with van der Waals surface area (Å²) < 4.78 is 5.10. The molecule has 0 unspecified atom stereocenters. The van der Waals surface area contributed by atoms with E-state index in [4.69, 9.17) is 4.74 Å². The first kappa shape index (κ1) is 29.8. The molecular weight excluding hydrogens is 528 g/mol. The van der Waals surface area contributed by atoms with Crippen molar-refractivity contribution in [3.8, 4) is 0 Å². The second kappa shape index (κ2) is 11.5. The van der Waals surface area contributed by atoms with Crippen LogP contribution in [-0.4, -0.2) is 72.6 Å². The Kier molecular flexibility index (Phi) is 8.17. The molecule has 5 rings (SSSR count). The molecule has 0 bridgehead atoms. The summed E-state index contributed by atoms with van der Waals surface area (Å²) in [7, 11) is 1.60. The lowest BCUT2D eigenvalue weighted by atomic mass is 9.58. The summed E-state index contributed by atoms with van der Waals surface area (Å²) in [6, 6.07) is 17.2. The third-order valence-corrected chi connectivity index (χ3v) is 9.76. The van der Waals surface area contributed by atoms with Gasteiger partial charge < -0.3 is 19.6 Å². The normalized spacial score (nSPS) is 23.0. The molecule has 3 aliphatic rings. The molecule has 1 atom stereocenters. The van der Waals surface area contributed by atoms with E-state index in [1.807, 2.05) is 40.1 Å². The molecule has 2 amide bonds. The number of carboxylic acid groups (broad SMARTS) is 1. The Bertz CT molecular complexity index is 1400. The minimum Gasteiger partial charge on any atom is -0.478 e. The molecule has 1 aliphatic carbocycles. The van der Waals surface area contributed by atoms with Crippen molar-refractivity contribution in [2.75, 3.05) is 39.9 Å². The molecule has 0 spiro atoms. The van der Waals surface area contributed by atoms with Gasteiger partial charge in [0, 0.05) is 44.1 Å². The number of fused-ring (bicyclic) bond motifs is 1. The lowest BCUT2D eigenvalue weighted by molar-refractivity contribution is -0.144. The quantitative estimate of drug-likeness (QED) is 0.440. The number of hydrogen-bond donors (Lipinski definition) is 1. The van der Waals surface area contributed by atoms with E-state index in [0.717, 1.165) is 17.5 Å². The van der Waals surface area contributed by atoms with E-state index >= 15 is 0 Å². The molecule has 0 saturated carbocycles. The first-order valence-corrected chi connectivity index (χ1v) is 14.9. The van der Waals surface area contributed by atoms with Crippen molar-refractivity contribution < 1.29 is 24.2 Å². The van der Waals surface area contributed by atoms with Crippen LogP contribution in [0.2, 0.25) is 0 Å². The minimum absolute atomic E-state index is 0.0775. The third kappa shape index (κ3) is 5.31. The van der Waals surface area contributed by atoms with Gasteiger partial charge in [-0.05, 0) is 48.1 Å². The van der Waals surface area contributed by atoms with Crippen LogP contribution in [0.15, 0.2) is 72.3 Å². The third-order valence-electron chi connectivity index (χ3n) is 9.76. The lowest BCUT2D eigenvalue weighted by Gasteiger charge is -2.52. The second-order valence-electron chi connectivity index (χ2n) is 12.8. The Hall–Kier alpha value is -3.71. The molecule has 7 nitrogen and oxygen atoms in total. The van der Waals surface area contributed by atoms with Gasteiger partial charge in [-0.2, -0.15) is 0 Å². The van der Waals surface area contributed by atoms with Crippen LogP contribution in [0.4, 0.5) is 0 Å². The van der Waals surface area contributed by atoms with Gasteiger partial charge in [0.1, 0.15) is 0 Å². The number of carboxylic acids is 1. The SMILES string of the molecule is COCCC(=O)N1CCC(C(=O)N2CC=C3C(C)(C)C(c4ccc(C(=O)O)cc4)=CC[C@]3(C)C2)(c2ccccc2)CC1. The molecule has 1 N–H and O–H groups in total. The van der Waals surface area contributed by atoms with E-state index in [1.165, 1.54) is 11.1 Å². The van der Waals surface area contributed by atoms with E-state index in [9.17, 15) is 19.5 Å². The molecule has 2 aromatic carbocycles. The Morgan fingerprint density at radius 1 is 0.905 bits per heavy atom. The summed E-state index contributed by atoms with van der Waals surface area (Å²) in [5.74, 6) is -0.706. The number of aromatic carboxylic acids is 1. The Morgan fingerprint density at radius 2 is 1.57 bits per heavy atom. The van der Waals surface area contributed by atoms with E-state index in [0.29, 0.717) is 52.0 Å². The summed E-state index contributed by atoms with van der Waals surface area (Å²) in [6.45, 7) is 9.40. The highest BCUT2D eigenvalue weighted by Gasteiger charge is 2.50. The molecule has 2 aliphatic heterocycles. The first-order valence-electron chi connectivity index (χ1n) is 14.9. The van der Waals surface area contributed by atoms with Gasteiger partial charge in [-0.25, -0.2) is 4.79 Å². The van der Waals surface area contributed by atoms with Crippen molar-refractivity contribution in [1.29, 1.82) is 0 Å². The highest BCUT2D eigenvalue weighted by molar-refractivity contribution is 5.90. The number of benzene rings is 2. The van der Waals surface area contributed by atoms with E-state index < -0.39 is 11.4 Å². The molecule has 222 valence electrons. The van der Waals surface area contributed by atoms with Gasteiger partial charge >= 0.3 is 5.97 Å². The van der Waals surface area contributed by atoms with E-state index in [-0.39, 0.29) is 28.2 Å². The van der Waals surface area contributed by atoms with Crippen LogP contribution in [0.3, 0.4) is 0 Å². The molecule has 1 saturated heterocycles. The van der Waals surface area contributed by atoms with Gasteiger partial charge in [0.25, 0.3) is 0 Å². The molecule has 2 aromatic rings. The van der Waals surface area contributed by atoms with Crippen molar-refractivity contribution >= 4 is 23.4 Å². The number of amides is 2. The zero-order chi connectivity index (χ0) is 30.1. The Labute approximate surface area is 248 Å². The number of nitrogens with zero attached hydrogens (tertiary/aromatic N) is 2. The summed E-state index contributed by atoms with van der Waals surface area (Å²) in [5.41, 5.74) is 3.70. The maximum atomic E-state index is 14.6. The van der Waals surface area contributed by atoms with Crippen LogP contribution in [0, 0.1) is 10.8 Å². The molecular formula is C35H42N2O5. The fourth-order valence-corrected chi connectivity index (χ4v) is 7.53. The maximum Gasteiger partial charge on any atom is 0.335 e. The van der Waals surface area contributed by atoms with Crippen molar-refractivity contribution in [3.05, 3.63) is 89.0 Å². The predicted molar refractivity (Wildman–Crippen MR) is 163 cm³/mol. The monoisotopic (exact) mass is 570 g/mol. The lowest BCUT2D eigenvalue weighted by Crippen LogP contribution is -2.57. The van der Waals surface area contributed by atoms with Crippen LogP contribution in [-0.2, 0) is 19.7 Å². The van der Waals surface area contributed by atoms with Gasteiger partial charge in [0.05, 0.1) is 24.0 Å². The first-order chi connectivity index (χ1) is 20.0. The van der Waals surface area contributed by atoms with Gasteiger partial charge in [-0.15, -0.1) is 0 Å².